The molecule has 0 aliphatic carbocycles. The average Bonchev–Trinajstić information content (AvgIpc) is 2.63. The number of phenols is 1. The largest absolute Gasteiger partial charge is 0.504 e. The van der Waals surface area contributed by atoms with Crippen molar-refractivity contribution in [3.63, 3.8) is 0 Å². The van der Waals surface area contributed by atoms with E-state index in [1.807, 2.05) is 30.3 Å². The smallest absolute Gasteiger partial charge is 0.166 e. The molecule has 0 saturated heterocycles. The maximum Gasteiger partial charge on any atom is 0.166 e. The van der Waals surface area contributed by atoms with Crippen molar-refractivity contribution in [1.29, 1.82) is 0 Å². The third kappa shape index (κ3) is 4.05. The van der Waals surface area contributed by atoms with Gasteiger partial charge in [0.15, 0.2) is 23.1 Å². The van der Waals surface area contributed by atoms with Gasteiger partial charge in [0.2, 0.25) is 0 Å². The molecule has 1 heterocycles. The van der Waals surface area contributed by atoms with Crippen LogP contribution in [0.25, 0.3) is 11.4 Å². The van der Waals surface area contributed by atoms with E-state index in [0.29, 0.717) is 28.1 Å². The van der Waals surface area contributed by atoms with Crippen molar-refractivity contribution in [2.24, 2.45) is 5.10 Å². The lowest BCUT2D eigenvalue weighted by Gasteiger charge is -2.06. The SMILES string of the molecule is COc1cccc(/C=N/Nc2cc(Cl)nc(-c3ccccc3)n2)c1O. The van der Waals surface area contributed by atoms with Crippen LogP contribution in [0, 0.1) is 0 Å². The Hall–Kier alpha value is -3.12. The number of nitrogens with zero attached hydrogens (tertiary/aromatic N) is 3. The van der Waals surface area contributed by atoms with Gasteiger partial charge in [0.25, 0.3) is 0 Å². The van der Waals surface area contributed by atoms with Crippen LogP contribution >= 0.6 is 11.6 Å². The van der Waals surface area contributed by atoms with E-state index in [2.05, 4.69) is 20.5 Å². The first-order valence-corrected chi connectivity index (χ1v) is 7.80. The highest BCUT2D eigenvalue weighted by atomic mass is 35.5. The number of hydrogen-bond acceptors (Lipinski definition) is 6. The first-order valence-electron chi connectivity index (χ1n) is 7.42. The Bertz CT molecular complexity index is 901. The number of para-hydroxylation sites is 1. The van der Waals surface area contributed by atoms with Gasteiger partial charge in [0.05, 0.1) is 13.3 Å². The fraction of sp³-hybridized carbons (Fsp3) is 0.0556. The molecule has 25 heavy (non-hydrogen) atoms. The maximum absolute atomic E-state index is 10.0. The first-order chi connectivity index (χ1) is 12.2. The summed E-state index contributed by atoms with van der Waals surface area (Å²) in [4.78, 5) is 8.60. The van der Waals surface area contributed by atoms with E-state index >= 15 is 0 Å². The van der Waals surface area contributed by atoms with Crippen LogP contribution < -0.4 is 10.2 Å². The number of halogens is 1. The molecule has 3 rings (SSSR count). The molecule has 0 atom stereocenters. The first kappa shape index (κ1) is 16.7. The monoisotopic (exact) mass is 354 g/mol. The van der Waals surface area contributed by atoms with E-state index in [1.54, 1.807) is 24.3 Å². The summed E-state index contributed by atoms with van der Waals surface area (Å²) in [5.41, 5.74) is 4.15. The summed E-state index contributed by atoms with van der Waals surface area (Å²) in [6, 6.07) is 16.2. The zero-order valence-electron chi connectivity index (χ0n) is 13.3. The van der Waals surface area contributed by atoms with Crippen molar-refractivity contribution in [3.05, 3.63) is 65.3 Å². The van der Waals surface area contributed by atoms with Crippen molar-refractivity contribution in [3.8, 4) is 22.9 Å². The van der Waals surface area contributed by atoms with E-state index in [9.17, 15) is 5.11 Å². The lowest BCUT2D eigenvalue weighted by atomic mass is 10.2. The second-order valence-electron chi connectivity index (χ2n) is 5.03. The standard InChI is InChI=1S/C18H15ClN4O2/c1-25-14-9-5-8-13(17(14)24)11-20-23-16-10-15(19)21-18(22-16)12-6-3-2-4-7-12/h2-11,24H,1H3,(H,21,22,23)/b20-11+. The number of hydrogen-bond donors (Lipinski definition) is 2. The van der Waals surface area contributed by atoms with Gasteiger partial charge in [0.1, 0.15) is 5.15 Å². The highest BCUT2D eigenvalue weighted by Crippen LogP contribution is 2.28. The summed E-state index contributed by atoms with van der Waals surface area (Å²) in [5.74, 6) is 1.33. The van der Waals surface area contributed by atoms with Crippen molar-refractivity contribution in [2.45, 2.75) is 0 Å². The van der Waals surface area contributed by atoms with Crippen LogP contribution in [-0.2, 0) is 0 Å². The Morgan fingerprint density at radius 2 is 1.92 bits per heavy atom. The number of rotatable bonds is 5. The highest BCUT2D eigenvalue weighted by molar-refractivity contribution is 6.29. The van der Waals surface area contributed by atoms with Gasteiger partial charge in [-0.15, -0.1) is 0 Å². The minimum Gasteiger partial charge on any atom is -0.504 e. The predicted molar refractivity (Wildman–Crippen MR) is 98.4 cm³/mol. The van der Waals surface area contributed by atoms with Gasteiger partial charge in [-0.3, -0.25) is 5.43 Å². The molecule has 126 valence electrons. The molecule has 0 spiro atoms. The summed E-state index contributed by atoms with van der Waals surface area (Å²) >= 11 is 6.06. The molecule has 0 radical (unpaired) electrons. The Kier molecular flexibility index (Phi) is 5.11. The topological polar surface area (TPSA) is 79.6 Å². The Morgan fingerprint density at radius 3 is 2.68 bits per heavy atom. The lowest BCUT2D eigenvalue weighted by Crippen LogP contribution is -1.98. The lowest BCUT2D eigenvalue weighted by molar-refractivity contribution is 0.373. The number of aromatic hydroxyl groups is 1. The summed E-state index contributed by atoms with van der Waals surface area (Å²) in [6.07, 6.45) is 1.47. The van der Waals surface area contributed by atoms with Gasteiger partial charge in [-0.05, 0) is 12.1 Å². The number of nitrogens with one attached hydrogen (secondary N) is 1. The average molecular weight is 355 g/mol. The fourth-order valence-electron chi connectivity index (χ4n) is 2.17. The third-order valence-electron chi connectivity index (χ3n) is 3.36. The van der Waals surface area contributed by atoms with Crippen molar-refractivity contribution in [1.82, 2.24) is 9.97 Å². The van der Waals surface area contributed by atoms with Crippen molar-refractivity contribution < 1.29 is 9.84 Å². The summed E-state index contributed by atoms with van der Waals surface area (Å²) < 4.78 is 5.06. The molecule has 2 aromatic carbocycles. The van der Waals surface area contributed by atoms with Gasteiger partial charge < -0.3 is 9.84 Å². The molecule has 7 heteroatoms. The highest BCUT2D eigenvalue weighted by Gasteiger charge is 2.06. The molecule has 0 aliphatic rings. The molecule has 6 nitrogen and oxygen atoms in total. The molecular weight excluding hydrogens is 340 g/mol. The van der Waals surface area contributed by atoms with E-state index in [4.69, 9.17) is 16.3 Å². The van der Waals surface area contributed by atoms with Crippen LogP contribution in [0.4, 0.5) is 5.82 Å². The number of anilines is 1. The number of ether oxygens (including phenoxy) is 1. The Labute approximate surface area is 149 Å². The molecular formula is C18H15ClN4O2. The van der Waals surface area contributed by atoms with Crippen LogP contribution in [-0.4, -0.2) is 28.4 Å². The summed E-state index contributed by atoms with van der Waals surface area (Å²) in [7, 11) is 1.49. The third-order valence-corrected chi connectivity index (χ3v) is 3.55. The van der Waals surface area contributed by atoms with E-state index in [0.717, 1.165) is 5.56 Å². The quantitative estimate of drug-likeness (QED) is 0.412. The number of benzene rings is 2. The predicted octanol–water partition coefficient (Wildman–Crippen LogP) is 3.96. The number of hydrazone groups is 1. The second kappa shape index (κ2) is 7.63. The summed E-state index contributed by atoms with van der Waals surface area (Å²) in [6.45, 7) is 0. The van der Waals surface area contributed by atoms with Gasteiger partial charge in [0, 0.05) is 17.2 Å². The minimum atomic E-state index is 0.0150. The van der Waals surface area contributed by atoms with Gasteiger partial charge in [-0.2, -0.15) is 5.10 Å². The van der Waals surface area contributed by atoms with Crippen LogP contribution in [0.5, 0.6) is 11.5 Å². The van der Waals surface area contributed by atoms with E-state index in [1.165, 1.54) is 13.3 Å². The molecule has 2 N–H and O–H groups in total. The van der Waals surface area contributed by atoms with E-state index < -0.39 is 0 Å². The maximum atomic E-state index is 10.0. The Morgan fingerprint density at radius 1 is 1.12 bits per heavy atom. The molecule has 0 bridgehead atoms. The molecule has 0 unspecified atom stereocenters. The van der Waals surface area contributed by atoms with Crippen LogP contribution in [0.3, 0.4) is 0 Å². The molecule has 0 amide bonds. The van der Waals surface area contributed by atoms with Crippen molar-refractivity contribution in [2.75, 3.05) is 12.5 Å². The zero-order valence-corrected chi connectivity index (χ0v) is 14.1. The molecule has 3 aromatic rings. The van der Waals surface area contributed by atoms with Crippen molar-refractivity contribution >= 4 is 23.6 Å². The Balaban J connectivity index is 1.81. The molecule has 1 aromatic heterocycles. The number of methoxy groups -OCH3 is 1. The van der Waals surface area contributed by atoms with Gasteiger partial charge >= 0.3 is 0 Å². The van der Waals surface area contributed by atoms with Crippen LogP contribution in [0.2, 0.25) is 5.15 Å². The normalized spacial score (nSPS) is 10.8. The van der Waals surface area contributed by atoms with E-state index in [-0.39, 0.29) is 5.75 Å². The minimum absolute atomic E-state index is 0.0150. The number of phenolic OH excluding ortho intramolecular Hbond substituents is 1. The molecule has 0 fully saturated rings. The summed E-state index contributed by atoms with van der Waals surface area (Å²) in [5, 5.41) is 14.4. The fourth-order valence-corrected chi connectivity index (χ4v) is 2.35. The van der Waals surface area contributed by atoms with Crippen LogP contribution in [0.1, 0.15) is 5.56 Å². The number of aromatic nitrogens is 2. The van der Waals surface area contributed by atoms with Crippen LogP contribution in [0.15, 0.2) is 59.7 Å². The molecule has 0 saturated carbocycles. The molecule has 0 aliphatic heterocycles. The van der Waals surface area contributed by atoms with Gasteiger partial charge in [-0.25, -0.2) is 9.97 Å². The van der Waals surface area contributed by atoms with Gasteiger partial charge in [-0.1, -0.05) is 48.0 Å². The zero-order chi connectivity index (χ0) is 17.6. The second-order valence-corrected chi connectivity index (χ2v) is 5.42.